The number of carbonyl (C=O) groups is 2. The maximum Gasteiger partial charge on any atom is 1.00 e. The third-order valence-electron chi connectivity index (χ3n) is 2.54. The van der Waals surface area contributed by atoms with Gasteiger partial charge < -0.3 is 9.90 Å². The van der Waals surface area contributed by atoms with Crippen LogP contribution in [-0.2, 0) is 11.2 Å². The first-order valence-electron chi connectivity index (χ1n) is 5.78. The van der Waals surface area contributed by atoms with Crippen LogP contribution in [0.2, 0.25) is 10.0 Å². The third kappa shape index (κ3) is 5.61. The maximum atomic E-state index is 12.0. The van der Waals surface area contributed by atoms with Gasteiger partial charge in [-0.3, -0.25) is 4.79 Å². The average Bonchev–Trinajstić information content (AvgIpc) is 2.43. The summed E-state index contributed by atoms with van der Waals surface area (Å²) in [7, 11) is 0. The van der Waals surface area contributed by atoms with Crippen LogP contribution in [0.4, 0.5) is 0 Å². The summed E-state index contributed by atoms with van der Waals surface area (Å²) in [6.45, 7) is 0. The Morgan fingerprint density at radius 2 is 1.95 bits per heavy atom. The number of carbonyl (C=O) groups excluding carboxylic acids is 2. The molecule has 0 saturated carbocycles. The molecule has 0 saturated heterocycles. The molecule has 8 heteroatoms. The molecule has 2 rings (SSSR count). The van der Waals surface area contributed by atoms with E-state index >= 15 is 0 Å². The molecule has 0 bridgehead atoms. The van der Waals surface area contributed by atoms with Gasteiger partial charge in [0.05, 0.1) is 5.97 Å². The largest absolute Gasteiger partial charge is 1.00 e. The van der Waals surface area contributed by atoms with Crippen LogP contribution in [0.15, 0.2) is 41.6 Å². The molecule has 1 aromatic carbocycles. The van der Waals surface area contributed by atoms with Gasteiger partial charge in [-0.1, -0.05) is 23.2 Å². The standard InChI is InChI=1S/C14H9Cl2NO3S.K/c15-9-3-4-11(16)8(6-9)7-12(18)21-13-10(14(19)20)2-1-5-17-13;/h1-6H,7H2,(H,19,20);/q;+1/p-1. The Hall–Kier alpha value is 0.0764. The number of carboxylic acids is 1. The molecule has 0 aliphatic rings. The summed E-state index contributed by atoms with van der Waals surface area (Å²) in [6.07, 6.45) is 1.43. The number of thioether (sulfide) groups is 1. The third-order valence-corrected chi connectivity index (χ3v) is 4.04. The molecule has 0 fully saturated rings. The van der Waals surface area contributed by atoms with Crippen molar-refractivity contribution in [1.29, 1.82) is 0 Å². The molecule has 0 N–H and O–H groups in total. The van der Waals surface area contributed by atoms with Crippen LogP contribution in [0.3, 0.4) is 0 Å². The van der Waals surface area contributed by atoms with Gasteiger partial charge in [-0.15, -0.1) is 0 Å². The molecule has 0 aliphatic carbocycles. The van der Waals surface area contributed by atoms with Crippen LogP contribution in [0.25, 0.3) is 0 Å². The molecule has 2 aromatic rings. The van der Waals surface area contributed by atoms with Crippen LogP contribution < -0.4 is 56.5 Å². The van der Waals surface area contributed by atoms with Gasteiger partial charge in [-0.25, -0.2) is 4.98 Å². The van der Waals surface area contributed by atoms with Gasteiger partial charge in [0.1, 0.15) is 5.03 Å². The van der Waals surface area contributed by atoms with E-state index in [9.17, 15) is 14.7 Å². The van der Waals surface area contributed by atoms with Crippen molar-refractivity contribution in [2.75, 3.05) is 0 Å². The molecule has 108 valence electrons. The maximum absolute atomic E-state index is 12.0. The van der Waals surface area contributed by atoms with Crippen molar-refractivity contribution in [1.82, 2.24) is 4.98 Å². The van der Waals surface area contributed by atoms with Crippen molar-refractivity contribution in [3.05, 3.63) is 57.7 Å². The van der Waals surface area contributed by atoms with E-state index in [2.05, 4.69) is 4.98 Å². The molecule has 0 aliphatic heterocycles. The van der Waals surface area contributed by atoms with Crippen LogP contribution in [0.5, 0.6) is 0 Å². The van der Waals surface area contributed by atoms with Gasteiger partial charge in [0.25, 0.3) is 0 Å². The fraction of sp³-hybridized carbons (Fsp3) is 0.0714. The van der Waals surface area contributed by atoms with Gasteiger partial charge in [-0.2, -0.15) is 0 Å². The molecule has 0 radical (unpaired) electrons. The topological polar surface area (TPSA) is 70.1 Å². The SMILES string of the molecule is O=C(Cc1cc(Cl)ccc1Cl)Sc1ncccc1C(=O)[O-].[K+]. The number of pyridine rings is 1. The first kappa shape index (κ1) is 20.1. The number of aromatic nitrogens is 1. The van der Waals surface area contributed by atoms with Gasteiger partial charge in [0.15, 0.2) is 5.12 Å². The van der Waals surface area contributed by atoms with Crippen LogP contribution in [-0.4, -0.2) is 16.1 Å². The summed E-state index contributed by atoms with van der Waals surface area (Å²) in [5.74, 6) is -1.38. The number of benzene rings is 1. The van der Waals surface area contributed by atoms with E-state index in [1.165, 1.54) is 18.3 Å². The Labute approximate surface area is 184 Å². The van der Waals surface area contributed by atoms with E-state index in [0.29, 0.717) is 15.6 Å². The smallest absolute Gasteiger partial charge is 0.545 e. The second-order valence-corrected chi connectivity index (χ2v) is 5.92. The van der Waals surface area contributed by atoms with Gasteiger partial charge >= 0.3 is 51.4 Å². The molecule has 0 spiro atoms. The van der Waals surface area contributed by atoms with E-state index in [1.807, 2.05) is 0 Å². The minimum Gasteiger partial charge on any atom is -0.545 e. The Morgan fingerprint density at radius 3 is 2.64 bits per heavy atom. The number of halogens is 2. The molecule has 1 aromatic heterocycles. The molecule has 0 atom stereocenters. The summed E-state index contributed by atoms with van der Waals surface area (Å²) in [5.41, 5.74) is 0.459. The van der Waals surface area contributed by atoms with Gasteiger partial charge in [-0.05, 0) is 47.7 Å². The summed E-state index contributed by atoms with van der Waals surface area (Å²) >= 11 is 12.6. The summed E-state index contributed by atoms with van der Waals surface area (Å²) < 4.78 is 0. The van der Waals surface area contributed by atoms with Crippen molar-refractivity contribution in [2.45, 2.75) is 11.4 Å². The van der Waals surface area contributed by atoms with Crippen molar-refractivity contribution in [3.63, 3.8) is 0 Å². The zero-order valence-corrected chi connectivity index (χ0v) is 17.0. The monoisotopic (exact) mass is 379 g/mol. The predicted octanol–water partition coefficient (Wildman–Crippen LogP) is -0.383. The molecule has 0 unspecified atom stereocenters. The molecular weight excluding hydrogens is 372 g/mol. The minimum absolute atomic E-state index is 0. The van der Waals surface area contributed by atoms with E-state index < -0.39 is 5.97 Å². The zero-order valence-electron chi connectivity index (χ0n) is 11.5. The summed E-state index contributed by atoms with van der Waals surface area (Å²) in [4.78, 5) is 26.9. The average molecular weight is 380 g/mol. The van der Waals surface area contributed by atoms with Crippen molar-refractivity contribution in [3.8, 4) is 0 Å². The summed E-state index contributed by atoms with van der Waals surface area (Å²) in [6, 6.07) is 7.63. The van der Waals surface area contributed by atoms with Crippen LogP contribution in [0, 0.1) is 0 Å². The van der Waals surface area contributed by atoms with Gasteiger partial charge in [0.2, 0.25) is 0 Å². The molecule has 1 heterocycles. The van der Waals surface area contributed by atoms with Crippen molar-refractivity contribution in [2.24, 2.45) is 0 Å². The number of nitrogens with zero attached hydrogens (tertiary/aromatic N) is 1. The molecular formula is C14H8Cl2KNO3S. The number of carboxylic acid groups (broad SMARTS) is 1. The number of hydrogen-bond donors (Lipinski definition) is 0. The quantitative estimate of drug-likeness (QED) is 0.534. The van der Waals surface area contributed by atoms with E-state index in [4.69, 9.17) is 23.2 Å². The Bertz CT molecular complexity index is 712. The Balaban J connectivity index is 0.00000242. The van der Waals surface area contributed by atoms with Crippen LogP contribution >= 0.6 is 35.0 Å². The van der Waals surface area contributed by atoms with Crippen LogP contribution in [0.1, 0.15) is 15.9 Å². The second-order valence-electron chi connectivity index (χ2n) is 4.03. The molecule has 4 nitrogen and oxygen atoms in total. The van der Waals surface area contributed by atoms with E-state index in [1.54, 1.807) is 18.2 Å². The molecule has 22 heavy (non-hydrogen) atoms. The number of aromatic carboxylic acids is 1. The fourth-order valence-electron chi connectivity index (χ4n) is 1.61. The second kappa shape index (κ2) is 9.39. The first-order chi connectivity index (χ1) is 9.97. The summed E-state index contributed by atoms with van der Waals surface area (Å²) in [5, 5.41) is 11.7. The Morgan fingerprint density at radius 1 is 1.23 bits per heavy atom. The minimum atomic E-state index is -1.38. The number of hydrogen-bond acceptors (Lipinski definition) is 5. The first-order valence-corrected chi connectivity index (χ1v) is 7.35. The zero-order chi connectivity index (χ0) is 15.4. The predicted molar refractivity (Wildman–Crippen MR) is 79.6 cm³/mol. The normalized spacial score (nSPS) is 9.91. The Kier molecular flexibility index (Phi) is 8.59. The molecule has 0 amide bonds. The van der Waals surface area contributed by atoms with Crippen molar-refractivity contribution < 1.29 is 66.1 Å². The number of rotatable bonds is 4. The van der Waals surface area contributed by atoms with E-state index in [-0.39, 0.29) is 73.5 Å². The van der Waals surface area contributed by atoms with E-state index in [0.717, 1.165) is 11.8 Å². The van der Waals surface area contributed by atoms with Crippen molar-refractivity contribution >= 4 is 46.0 Å². The van der Waals surface area contributed by atoms with Gasteiger partial charge in [0, 0.05) is 28.2 Å². The fourth-order valence-corrected chi connectivity index (χ4v) is 2.80.